The molecular formula is C19H25Cl2N3O6S2. The van der Waals surface area contributed by atoms with Crippen LogP contribution in [-0.2, 0) is 9.84 Å². The summed E-state index contributed by atoms with van der Waals surface area (Å²) >= 11 is 12.6. The Balaban J connectivity index is 2.13. The standard InChI is InChI=1S/C19H25Cl2N3O6S2/c20-7-9-23(10-8-21)15-1-3-16(4-2-15)30-22-18(6-13-32(28,29)14-11-25)17-5-12-31-19(17)24(26)27/h1-5,12,18,22,25H,6-11,13-14H2. The molecule has 9 nitrogen and oxygen atoms in total. The molecule has 13 heteroatoms. The molecule has 178 valence electrons. The fourth-order valence-electron chi connectivity index (χ4n) is 2.98. The quantitative estimate of drug-likeness (QED) is 0.206. The Morgan fingerprint density at radius 1 is 1.16 bits per heavy atom. The first-order valence-electron chi connectivity index (χ1n) is 9.73. The third-order valence-electron chi connectivity index (χ3n) is 4.57. The summed E-state index contributed by atoms with van der Waals surface area (Å²) in [6.45, 7) is 0.796. The fraction of sp³-hybridized carbons (Fsp3) is 0.474. The van der Waals surface area contributed by atoms with Crippen molar-refractivity contribution in [1.29, 1.82) is 0 Å². The van der Waals surface area contributed by atoms with Crippen LogP contribution in [0.3, 0.4) is 0 Å². The van der Waals surface area contributed by atoms with Crippen LogP contribution in [0.4, 0.5) is 10.7 Å². The summed E-state index contributed by atoms with van der Waals surface area (Å²) in [7, 11) is -3.50. The summed E-state index contributed by atoms with van der Waals surface area (Å²) in [5.74, 6) is 0.737. The van der Waals surface area contributed by atoms with Gasteiger partial charge in [0.25, 0.3) is 0 Å². The number of hydrogen-bond acceptors (Lipinski definition) is 9. The molecule has 2 N–H and O–H groups in total. The molecule has 0 bridgehead atoms. The number of halogens is 2. The lowest BCUT2D eigenvalue weighted by atomic mass is 10.1. The number of aliphatic hydroxyl groups is 1. The van der Waals surface area contributed by atoms with Crippen molar-refractivity contribution < 1.29 is 23.3 Å². The van der Waals surface area contributed by atoms with Crippen LogP contribution in [0.2, 0.25) is 0 Å². The van der Waals surface area contributed by atoms with E-state index in [1.807, 2.05) is 17.0 Å². The van der Waals surface area contributed by atoms with E-state index in [9.17, 15) is 18.5 Å². The zero-order valence-corrected chi connectivity index (χ0v) is 20.3. The van der Waals surface area contributed by atoms with Gasteiger partial charge < -0.3 is 14.8 Å². The third-order valence-corrected chi connectivity index (χ3v) is 7.45. The Bertz CT molecular complexity index is 950. The first-order valence-corrected chi connectivity index (χ1v) is 13.5. The summed E-state index contributed by atoms with van der Waals surface area (Å²) in [4.78, 5) is 18.5. The third kappa shape index (κ3) is 8.05. The van der Waals surface area contributed by atoms with E-state index in [4.69, 9.17) is 33.1 Å². The van der Waals surface area contributed by atoms with Gasteiger partial charge in [-0.15, -0.1) is 28.7 Å². The van der Waals surface area contributed by atoms with E-state index in [-0.39, 0.29) is 22.9 Å². The first-order chi connectivity index (χ1) is 15.3. The Kier molecular flexibility index (Phi) is 11.0. The minimum absolute atomic E-state index is 0.0389. The number of sulfone groups is 1. The monoisotopic (exact) mass is 525 g/mol. The van der Waals surface area contributed by atoms with Crippen molar-refractivity contribution in [2.45, 2.75) is 12.5 Å². The van der Waals surface area contributed by atoms with Crippen molar-refractivity contribution >= 4 is 55.1 Å². The van der Waals surface area contributed by atoms with Gasteiger partial charge in [-0.05, 0) is 42.1 Å². The summed E-state index contributed by atoms with van der Waals surface area (Å²) in [6, 6.07) is 7.95. The van der Waals surface area contributed by atoms with Crippen molar-refractivity contribution in [3.63, 3.8) is 0 Å². The lowest BCUT2D eigenvalue weighted by molar-refractivity contribution is -0.381. The highest BCUT2D eigenvalue weighted by Gasteiger charge is 2.26. The van der Waals surface area contributed by atoms with E-state index >= 15 is 0 Å². The van der Waals surface area contributed by atoms with Crippen LogP contribution in [0.5, 0.6) is 5.75 Å². The second-order valence-electron chi connectivity index (χ2n) is 6.73. The van der Waals surface area contributed by atoms with Gasteiger partial charge in [-0.2, -0.15) is 0 Å². The SMILES string of the molecule is O=[N+]([O-])c1sccc1C(CCS(=O)(=O)CCO)NOc1ccc(N(CCCl)CCCl)cc1. The Labute approximate surface area is 200 Å². The predicted molar refractivity (Wildman–Crippen MR) is 128 cm³/mol. The molecular weight excluding hydrogens is 501 g/mol. The van der Waals surface area contributed by atoms with Gasteiger partial charge in [0.2, 0.25) is 0 Å². The number of benzene rings is 1. The number of nitrogens with one attached hydrogen (secondary N) is 1. The number of anilines is 1. The van der Waals surface area contributed by atoms with Crippen LogP contribution in [0, 0.1) is 10.1 Å². The predicted octanol–water partition coefficient (Wildman–Crippen LogP) is 3.36. The van der Waals surface area contributed by atoms with Crippen molar-refractivity contribution in [1.82, 2.24) is 5.48 Å². The largest absolute Gasteiger partial charge is 0.408 e. The fourth-order valence-corrected chi connectivity index (χ4v) is 5.24. The summed E-state index contributed by atoms with van der Waals surface area (Å²) in [5, 5.41) is 21.8. The van der Waals surface area contributed by atoms with Crippen LogP contribution >= 0.6 is 34.5 Å². The van der Waals surface area contributed by atoms with Crippen LogP contribution in [-0.4, -0.2) is 61.4 Å². The van der Waals surface area contributed by atoms with Gasteiger partial charge in [-0.1, -0.05) is 11.3 Å². The number of rotatable bonds is 15. The van der Waals surface area contributed by atoms with E-state index in [0.29, 0.717) is 36.2 Å². The van der Waals surface area contributed by atoms with E-state index < -0.39 is 27.4 Å². The number of alkyl halides is 2. The maximum atomic E-state index is 12.0. The highest BCUT2D eigenvalue weighted by molar-refractivity contribution is 7.91. The molecule has 0 fully saturated rings. The van der Waals surface area contributed by atoms with Crippen molar-refractivity contribution in [3.8, 4) is 5.75 Å². The molecule has 2 rings (SSSR count). The highest BCUT2D eigenvalue weighted by atomic mass is 35.5. The van der Waals surface area contributed by atoms with Gasteiger partial charge in [0.1, 0.15) is 5.75 Å². The molecule has 0 aliphatic rings. The second-order valence-corrected chi connectivity index (χ2v) is 10.7. The molecule has 2 aromatic rings. The number of nitrogens with zero attached hydrogens (tertiary/aromatic N) is 2. The molecule has 1 aromatic carbocycles. The molecule has 0 aliphatic carbocycles. The average molecular weight is 526 g/mol. The minimum Gasteiger partial charge on any atom is -0.408 e. The molecule has 1 heterocycles. The first kappa shape index (κ1) is 26.6. The highest BCUT2D eigenvalue weighted by Crippen LogP contribution is 2.33. The molecule has 0 spiro atoms. The van der Waals surface area contributed by atoms with Crippen molar-refractivity contribution in [3.05, 3.63) is 51.4 Å². The number of hydroxylamine groups is 1. The van der Waals surface area contributed by atoms with Gasteiger partial charge in [0.05, 0.1) is 34.6 Å². The Morgan fingerprint density at radius 3 is 2.38 bits per heavy atom. The van der Waals surface area contributed by atoms with Gasteiger partial charge in [-0.3, -0.25) is 10.1 Å². The number of hydrogen-bond donors (Lipinski definition) is 2. The van der Waals surface area contributed by atoms with Crippen molar-refractivity contribution in [2.24, 2.45) is 0 Å². The number of nitro groups is 1. The zero-order chi connectivity index (χ0) is 23.6. The molecule has 0 saturated carbocycles. The Hall–Kier alpha value is -1.63. The topological polar surface area (TPSA) is 122 Å². The number of aliphatic hydroxyl groups excluding tert-OH is 1. The summed E-state index contributed by atoms with van der Waals surface area (Å²) < 4.78 is 24.0. The van der Waals surface area contributed by atoms with Crippen LogP contribution < -0.4 is 15.2 Å². The van der Waals surface area contributed by atoms with E-state index in [1.54, 1.807) is 23.6 Å². The molecule has 0 radical (unpaired) electrons. The van der Waals surface area contributed by atoms with Crippen LogP contribution in [0.25, 0.3) is 0 Å². The van der Waals surface area contributed by atoms with E-state index in [0.717, 1.165) is 17.0 Å². The van der Waals surface area contributed by atoms with Crippen LogP contribution in [0.1, 0.15) is 18.0 Å². The molecule has 32 heavy (non-hydrogen) atoms. The normalized spacial score (nSPS) is 12.5. The molecule has 1 aromatic heterocycles. The van der Waals surface area contributed by atoms with Gasteiger partial charge in [0.15, 0.2) is 9.84 Å². The Morgan fingerprint density at radius 2 is 1.81 bits per heavy atom. The molecule has 1 atom stereocenters. The summed E-state index contributed by atoms with van der Waals surface area (Å²) in [5.41, 5.74) is 4.02. The lowest BCUT2D eigenvalue weighted by Crippen LogP contribution is -2.28. The maximum Gasteiger partial charge on any atom is 0.328 e. The smallest absolute Gasteiger partial charge is 0.328 e. The molecule has 0 aliphatic heterocycles. The molecule has 0 amide bonds. The molecule has 1 unspecified atom stereocenters. The summed E-state index contributed by atoms with van der Waals surface area (Å²) in [6.07, 6.45) is 0.0389. The van der Waals surface area contributed by atoms with E-state index in [2.05, 4.69) is 5.48 Å². The average Bonchev–Trinajstić information content (AvgIpc) is 3.24. The zero-order valence-electron chi connectivity index (χ0n) is 17.2. The van der Waals surface area contributed by atoms with E-state index in [1.165, 1.54) is 0 Å². The second kappa shape index (κ2) is 13.2. The lowest BCUT2D eigenvalue weighted by Gasteiger charge is -2.23. The van der Waals surface area contributed by atoms with Crippen LogP contribution in [0.15, 0.2) is 35.7 Å². The maximum absolute atomic E-state index is 12.0. The van der Waals surface area contributed by atoms with Gasteiger partial charge in [-0.25, -0.2) is 8.42 Å². The number of thiophene rings is 1. The van der Waals surface area contributed by atoms with Crippen molar-refractivity contribution in [2.75, 3.05) is 47.9 Å². The van der Waals surface area contributed by atoms with Gasteiger partial charge >= 0.3 is 5.00 Å². The minimum atomic E-state index is -3.50. The van der Waals surface area contributed by atoms with Gasteiger partial charge in [0, 0.05) is 30.5 Å². The molecule has 0 saturated heterocycles.